The quantitative estimate of drug-likeness (QED) is 0.558. The highest BCUT2D eigenvalue weighted by atomic mass is 16.5. The van der Waals surface area contributed by atoms with E-state index in [2.05, 4.69) is 61.6 Å². The first kappa shape index (κ1) is 18.1. The Kier molecular flexibility index (Phi) is 6.43. The van der Waals surface area contributed by atoms with Gasteiger partial charge in [0.05, 0.1) is 7.11 Å². The Bertz CT molecular complexity index is 733. The highest BCUT2D eigenvalue weighted by molar-refractivity contribution is 6.03. The molecule has 0 saturated heterocycles. The van der Waals surface area contributed by atoms with Crippen molar-refractivity contribution in [1.29, 1.82) is 0 Å². The van der Waals surface area contributed by atoms with Crippen LogP contribution in [0.1, 0.15) is 51.7 Å². The minimum atomic E-state index is 0.914. The standard InChI is InChI=1S/C21H22O.C2H6/c1-4-6-8-15(7-5-2)20-14-19(16-9-10-16)18-12-11-17(22-3)13-21(18)20;1-2/h4-8,11-14H,9-10H2,1-3H3;1-2H3/b6-4-,7-5-,15-8+;. The van der Waals surface area contributed by atoms with Crippen molar-refractivity contribution in [2.24, 2.45) is 0 Å². The van der Waals surface area contributed by atoms with E-state index in [0.29, 0.717) is 0 Å². The Labute approximate surface area is 146 Å². The fraction of sp³-hybridized carbons (Fsp3) is 0.304. The molecule has 2 aliphatic rings. The number of fused-ring (bicyclic) bond motifs is 1. The summed E-state index contributed by atoms with van der Waals surface area (Å²) in [5.74, 6) is 0.914. The number of methoxy groups -OCH3 is 1. The molecule has 0 N–H and O–H groups in total. The summed E-state index contributed by atoms with van der Waals surface area (Å²) >= 11 is 0. The molecule has 1 fully saturated rings. The Balaban J connectivity index is 0.00000100. The Morgan fingerprint density at radius 1 is 1.04 bits per heavy atom. The highest BCUT2D eigenvalue weighted by Gasteiger charge is 2.26. The van der Waals surface area contributed by atoms with Crippen LogP contribution in [0.25, 0.3) is 11.1 Å². The third-order valence-corrected chi connectivity index (χ3v) is 4.10. The Morgan fingerprint density at radius 3 is 2.38 bits per heavy atom. The summed E-state index contributed by atoms with van der Waals surface area (Å²) in [6.45, 7) is 8.10. The maximum absolute atomic E-state index is 5.43. The van der Waals surface area contributed by atoms with E-state index in [1.807, 2.05) is 20.8 Å². The minimum Gasteiger partial charge on any atom is -0.497 e. The lowest BCUT2D eigenvalue weighted by atomic mass is 9.97. The van der Waals surface area contributed by atoms with Crippen molar-refractivity contribution in [1.82, 2.24) is 0 Å². The van der Waals surface area contributed by atoms with Gasteiger partial charge in [-0.15, -0.1) is 0 Å². The smallest absolute Gasteiger partial charge is 0.119 e. The molecule has 1 aromatic rings. The molecule has 3 rings (SSSR count). The van der Waals surface area contributed by atoms with Crippen molar-refractivity contribution in [3.8, 4) is 5.75 Å². The molecule has 0 spiro atoms. The summed E-state index contributed by atoms with van der Waals surface area (Å²) < 4.78 is 5.43. The van der Waals surface area contributed by atoms with Gasteiger partial charge in [0.25, 0.3) is 0 Å². The van der Waals surface area contributed by atoms with Crippen LogP contribution in [0.2, 0.25) is 0 Å². The molecular formula is C23H28O. The molecule has 1 heteroatoms. The van der Waals surface area contributed by atoms with Crippen LogP contribution in [-0.4, -0.2) is 7.11 Å². The first-order valence-electron chi connectivity index (χ1n) is 8.87. The molecule has 0 bridgehead atoms. The van der Waals surface area contributed by atoms with Crippen molar-refractivity contribution >= 4 is 11.1 Å². The fourth-order valence-corrected chi connectivity index (χ4v) is 2.89. The Morgan fingerprint density at radius 2 is 1.79 bits per heavy atom. The van der Waals surface area contributed by atoms with E-state index >= 15 is 0 Å². The predicted molar refractivity (Wildman–Crippen MR) is 106 cm³/mol. The van der Waals surface area contributed by atoms with Gasteiger partial charge < -0.3 is 4.74 Å². The average molecular weight is 320 g/mol. The van der Waals surface area contributed by atoms with Gasteiger partial charge in [-0.3, -0.25) is 0 Å². The van der Waals surface area contributed by atoms with Crippen molar-refractivity contribution in [2.75, 3.05) is 7.11 Å². The fourth-order valence-electron chi connectivity index (χ4n) is 2.89. The zero-order valence-electron chi connectivity index (χ0n) is 15.5. The van der Waals surface area contributed by atoms with Gasteiger partial charge in [0.1, 0.15) is 5.75 Å². The van der Waals surface area contributed by atoms with E-state index in [4.69, 9.17) is 4.74 Å². The van der Waals surface area contributed by atoms with Crippen LogP contribution in [0.3, 0.4) is 0 Å². The minimum absolute atomic E-state index is 0.914. The topological polar surface area (TPSA) is 9.23 Å². The zero-order chi connectivity index (χ0) is 17.5. The third kappa shape index (κ3) is 3.79. The van der Waals surface area contributed by atoms with Crippen LogP contribution in [0.15, 0.2) is 65.8 Å². The molecule has 1 nitrogen and oxygen atoms in total. The summed E-state index contributed by atoms with van der Waals surface area (Å²) in [6.07, 6.45) is 15.4. The lowest BCUT2D eigenvalue weighted by molar-refractivity contribution is 0.414. The summed E-state index contributed by atoms with van der Waals surface area (Å²) in [5.41, 5.74) is 8.16. The van der Waals surface area contributed by atoms with E-state index in [1.54, 1.807) is 12.7 Å². The van der Waals surface area contributed by atoms with Crippen LogP contribution < -0.4 is 4.74 Å². The number of allylic oxidation sites excluding steroid dienone is 10. The van der Waals surface area contributed by atoms with Crippen molar-refractivity contribution in [3.05, 3.63) is 76.9 Å². The molecule has 0 atom stereocenters. The lowest BCUT2D eigenvalue weighted by Gasteiger charge is -2.09. The first-order chi connectivity index (χ1) is 11.8. The number of benzene rings is 1. The van der Waals surface area contributed by atoms with Gasteiger partial charge >= 0.3 is 0 Å². The van der Waals surface area contributed by atoms with Crippen LogP contribution >= 0.6 is 0 Å². The van der Waals surface area contributed by atoms with E-state index in [-0.39, 0.29) is 0 Å². The van der Waals surface area contributed by atoms with Gasteiger partial charge in [-0.25, -0.2) is 0 Å². The van der Waals surface area contributed by atoms with Crippen LogP contribution in [0.4, 0.5) is 0 Å². The molecule has 0 amide bonds. The number of hydrogen-bond acceptors (Lipinski definition) is 1. The van der Waals surface area contributed by atoms with Gasteiger partial charge in [-0.2, -0.15) is 0 Å². The average Bonchev–Trinajstić information content (AvgIpc) is 3.41. The molecular weight excluding hydrogens is 292 g/mol. The molecule has 0 aromatic heterocycles. The largest absolute Gasteiger partial charge is 0.497 e. The van der Waals surface area contributed by atoms with Crippen LogP contribution in [-0.2, 0) is 0 Å². The molecule has 0 heterocycles. The lowest BCUT2D eigenvalue weighted by Crippen LogP contribution is -1.90. The maximum Gasteiger partial charge on any atom is 0.119 e. The first-order valence-corrected chi connectivity index (χ1v) is 8.87. The van der Waals surface area contributed by atoms with Gasteiger partial charge in [0, 0.05) is 0 Å². The van der Waals surface area contributed by atoms with E-state index in [1.165, 1.54) is 40.7 Å². The molecule has 1 aromatic carbocycles. The number of ether oxygens (including phenoxy) is 1. The van der Waals surface area contributed by atoms with Gasteiger partial charge in [0.15, 0.2) is 0 Å². The molecule has 0 aliphatic heterocycles. The van der Waals surface area contributed by atoms with Crippen molar-refractivity contribution in [3.63, 3.8) is 0 Å². The second-order valence-corrected chi connectivity index (χ2v) is 5.63. The monoisotopic (exact) mass is 320 g/mol. The summed E-state index contributed by atoms with van der Waals surface area (Å²) in [4.78, 5) is 0. The van der Waals surface area contributed by atoms with Crippen molar-refractivity contribution < 1.29 is 4.74 Å². The summed E-state index contributed by atoms with van der Waals surface area (Å²) in [6, 6.07) is 6.41. The van der Waals surface area contributed by atoms with Gasteiger partial charge in [0.2, 0.25) is 0 Å². The second kappa shape index (κ2) is 8.54. The molecule has 1 saturated carbocycles. The molecule has 24 heavy (non-hydrogen) atoms. The predicted octanol–water partition coefficient (Wildman–Crippen LogP) is 6.74. The number of hydrogen-bond donors (Lipinski definition) is 0. The summed E-state index contributed by atoms with van der Waals surface area (Å²) in [7, 11) is 1.73. The molecule has 2 aliphatic carbocycles. The third-order valence-electron chi connectivity index (χ3n) is 4.10. The highest BCUT2D eigenvalue weighted by Crippen LogP contribution is 2.47. The molecule has 126 valence electrons. The van der Waals surface area contributed by atoms with Crippen LogP contribution in [0, 0.1) is 0 Å². The Hall–Kier alpha value is -2.28. The van der Waals surface area contributed by atoms with Gasteiger partial charge in [-0.1, -0.05) is 55.9 Å². The second-order valence-electron chi connectivity index (χ2n) is 5.63. The van der Waals surface area contributed by atoms with Gasteiger partial charge in [-0.05, 0) is 72.7 Å². The normalized spacial score (nSPS) is 16.2. The van der Waals surface area contributed by atoms with Crippen LogP contribution in [0.5, 0.6) is 5.75 Å². The SMILES string of the molecule is CC.C\C=C/C=C(\C=C/C)C1=CC(=C2CC2)c2ccc(OC)cc21. The zero-order valence-corrected chi connectivity index (χ0v) is 15.5. The molecule has 0 radical (unpaired) electrons. The summed E-state index contributed by atoms with van der Waals surface area (Å²) in [5, 5.41) is 0. The van der Waals surface area contributed by atoms with E-state index in [0.717, 1.165) is 5.75 Å². The maximum atomic E-state index is 5.43. The number of rotatable bonds is 4. The van der Waals surface area contributed by atoms with E-state index < -0.39 is 0 Å². The molecule has 0 unspecified atom stereocenters. The van der Waals surface area contributed by atoms with E-state index in [9.17, 15) is 0 Å². The van der Waals surface area contributed by atoms with Crippen molar-refractivity contribution in [2.45, 2.75) is 40.5 Å².